The van der Waals surface area contributed by atoms with E-state index in [4.69, 9.17) is 0 Å². The molecule has 1 saturated heterocycles. The van der Waals surface area contributed by atoms with Gasteiger partial charge in [-0.15, -0.1) is 0 Å². The molecule has 3 heteroatoms. The Morgan fingerprint density at radius 3 is 2.58 bits per heavy atom. The van der Waals surface area contributed by atoms with Crippen LogP contribution in [0.3, 0.4) is 0 Å². The average Bonchev–Trinajstić information content (AvgIpc) is 2.37. The Kier molecular flexibility index (Phi) is 6.31. The molecule has 3 nitrogen and oxygen atoms in total. The van der Waals surface area contributed by atoms with Crippen molar-refractivity contribution >= 4 is 5.91 Å². The van der Waals surface area contributed by atoms with Crippen LogP contribution in [0.25, 0.3) is 0 Å². The second-order valence-electron chi connectivity index (χ2n) is 7.21. The molecule has 19 heavy (non-hydrogen) atoms. The third kappa shape index (κ3) is 5.52. The highest BCUT2D eigenvalue weighted by Gasteiger charge is 2.25. The fraction of sp³-hybridized carbons (Fsp3) is 0.938. The van der Waals surface area contributed by atoms with Gasteiger partial charge in [-0.25, -0.2) is 0 Å². The first-order valence-corrected chi connectivity index (χ1v) is 7.80. The van der Waals surface area contributed by atoms with Gasteiger partial charge in [0.1, 0.15) is 0 Å². The Bertz CT molecular complexity index is 280. The Hall–Kier alpha value is -0.570. The number of hydrogen-bond acceptors (Lipinski definition) is 2. The van der Waals surface area contributed by atoms with Crippen LogP contribution in [0.5, 0.6) is 0 Å². The quantitative estimate of drug-likeness (QED) is 0.778. The number of carbonyl (C=O) groups excluding carboxylic acids is 1. The minimum atomic E-state index is 0.172. The molecule has 0 aliphatic carbocycles. The summed E-state index contributed by atoms with van der Waals surface area (Å²) in [5, 5.41) is 6.54. The highest BCUT2D eigenvalue weighted by Crippen LogP contribution is 2.25. The molecular formula is C16H32N2O. The largest absolute Gasteiger partial charge is 0.356 e. The van der Waals surface area contributed by atoms with Crippen LogP contribution in [0.4, 0.5) is 0 Å². The van der Waals surface area contributed by atoms with Crippen molar-refractivity contribution in [2.75, 3.05) is 19.6 Å². The van der Waals surface area contributed by atoms with E-state index in [1.54, 1.807) is 0 Å². The molecule has 0 saturated carbocycles. The zero-order chi connectivity index (χ0) is 14.5. The standard InChI is InChI=1S/C16H32N2O/c1-12(2)16(4,5)11-18-15(19)9-13(3)14-7-6-8-17-10-14/h12-14,17H,6-11H2,1-5H3,(H,18,19). The third-order valence-electron chi connectivity index (χ3n) is 4.95. The summed E-state index contributed by atoms with van der Waals surface area (Å²) >= 11 is 0. The highest BCUT2D eigenvalue weighted by molar-refractivity contribution is 5.76. The maximum absolute atomic E-state index is 12.0. The van der Waals surface area contributed by atoms with E-state index < -0.39 is 0 Å². The average molecular weight is 268 g/mol. The van der Waals surface area contributed by atoms with Crippen molar-refractivity contribution < 1.29 is 4.79 Å². The van der Waals surface area contributed by atoms with E-state index in [1.807, 2.05) is 0 Å². The number of piperidine rings is 1. The predicted molar refractivity (Wildman–Crippen MR) is 81.0 cm³/mol. The molecule has 2 unspecified atom stereocenters. The van der Waals surface area contributed by atoms with E-state index in [2.05, 4.69) is 45.3 Å². The molecule has 0 aromatic heterocycles. The lowest BCUT2D eigenvalue weighted by Gasteiger charge is -2.31. The lowest BCUT2D eigenvalue weighted by molar-refractivity contribution is -0.122. The summed E-state index contributed by atoms with van der Waals surface area (Å²) in [5.41, 5.74) is 0.172. The maximum Gasteiger partial charge on any atom is 0.220 e. The molecule has 1 aliphatic heterocycles. The smallest absolute Gasteiger partial charge is 0.220 e. The molecule has 1 rings (SSSR count). The first-order valence-electron chi connectivity index (χ1n) is 7.80. The van der Waals surface area contributed by atoms with Crippen molar-refractivity contribution in [1.82, 2.24) is 10.6 Å². The fourth-order valence-corrected chi connectivity index (χ4v) is 2.43. The summed E-state index contributed by atoms with van der Waals surface area (Å²) in [6.45, 7) is 14.1. The van der Waals surface area contributed by atoms with Crippen molar-refractivity contribution in [2.45, 2.75) is 53.9 Å². The predicted octanol–water partition coefficient (Wildman–Crippen LogP) is 2.81. The van der Waals surface area contributed by atoms with Gasteiger partial charge in [0.15, 0.2) is 0 Å². The minimum absolute atomic E-state index is 0.172. The van der Waals surface area contributed by atoms with Crippen LogP contribution in [0.2, 0.25) is 0 Å². The Morgan fingerprint density at radius 2 is 2.05 bits per heavy atom. The summed E-state index contributed by atoms with van der Waals surface area (Å²) in [6.07, 6.45) is 3.18. The first-order chi connectivity index (χ1) is 8.83. The molecule has 0 spiro atoms. The summed E-state index contributed by atoms with van der Waals surface area (Å²) in [5.74, 6) is 1.94. The lowest BCUT2D eigenvalue weighted by atomic mass is 9.81. The molecule has 0 bridgehead atoms. The molecule has 1 amide bonds. The monoisotopic (exact) mass is 268 g/mol. The van der Waals surface area contributed by atoms with Crippen LogP contribution in [0.1, 0.15) is 53.9 Å². The highest BCUT2D eigenvalue weighted by atomic mass is 16.1. The molecule has 0 aromatic rings. The molecule has 0 radical (unpaired) electrons. The Morgan fingerprint density at radius 1 is 1.37 bits per heavy atom. The van der Waals surface area contributed by atoms with Crippen molar-refractivity contribution in [3.8, 4) is 0 Å². The first kappa shape index (κ1) is 16.5. The van der Waals surface area contributed by atoms with Gasteiger partial charge >= 0.3 is 0 Å². The molecule has 2 atom stereocenters. The number of nitrogens with one attached hydrogen (secondary N) is 2. The number of hydrogen-bond donors (Lipinski definition) is 2. The SMILES string of the molecule is CC(CC(=O)NCC(C)(C)C(C)C)C1CCCNC1. The van der Waals surface area contributed by atoms with Gasteiger partial charge in [-0.3, -0.25) is 4.79 Å². The molecule has 1 fully saturated rings. The van der Waals surface area contributed by atoms with Gasteiger partial charge in [-0.1, -0.05) is 34.6 Å². The van der Waals surface area contributed by atoms with Gasteiger partial charge in [0.05, 0.1) is 0 Å². The molecular weight excluding hydrogens is 236 g/mol. The van der Waals surface area contributed by atoms with Crippen LogP contribution < -0.4 is 10.6 Å². The van der Waals surface area contributed by atoms with Crippen LogP contribution in [-0.2, 0) is 4.79 Å². The number of carbonyl (C=O) groups is 1. The van der Waals surface area contributed by atoms with Crippen molar-refractivity contribution in [3.63, 3.8) is 0 Å². The summed E-state index contributed by atoms with van der Waals surface area (Å²) in [6, 6.07) is 0. The second-order valence-corrected chi connectivity index (χ2v) is 7.21. The van der Waals surface area contributed by atoms with Gasteiger partial charge in [0, 0.05) is 13.0 Å². The van der Waals surface area contributed by atoms with E-state index in [1.165, 1.54) is 12.8 Å². The molecule has 1 aliphatic rings. The zero-order valence-electron chi connectivity index (χ0n) is 13.4. The van der Waals surface area contributed by atoms with Gasteiger partial charge in [-0.2, -0.15) is 0 Å². The number of amides is 1. The Balaban J connectivity index is 2.30. The fourth-order valence-electron chi connectivity index (χ4n) is 2.43. The molecule has 2 N–H and O–H groups in total. The summed E-state index contributed by atoms with van der Waals surface area (Å²) in [7, 11) is 0. The lowest BCUT2D eigenvalue weighted by Crippen LogP contribution is -2.39. The van der Waals surface area contributed by atoms with E-state index in [0.717, 1.165) is 19.6 Å². The summed E-state index contributed by atoms with van der Waals surface area (Å²) < 4.78 is 0. The normalized spacial score (nSPS) is 22.3. The van der Waals surface area contributed by atoms with E-state index >= 15 is 0 Å². The van der Waals surface area contributed by atoms with Gasteiger partial charge in [0.2, 0.25) is 5.91 Å². The van der Waals surface area contributed by atoms with Crippen LogP contribution in [-0.4, -0.2) is 25.5 Å². The van der Waals surface area contributed by atoms with E-state index in [0.29, 0.717) is 24.2 Å². The molecule has 0 aromatic carbocycles. The zero-order valence-corrected chi connectivity index (χ0v) is 13.4. The van der Waals surface area contributed by atoms with E-state index in [-0.39, 0.29) is 11.3 Å². The number of rotatable bonds is 6. The van der Waals surface area contributed by atoms with E-state index in [9.17, 15) is 4.79 Å². The van der Waals surface area contributed by atoms with Crippen LogP contribution in [0.15, 0.2) is 0 Å². The van der Waals surface area contributed by atoms with Crippen molar-refractivity contribution in [3.05, 3.63) is 0 Å². The van der Waals surface area contributed by atoms with Crippen LogP contribution >= 0.6 is 0 Å². The minimum Gasteiger partial charge on any atom is -0.356 e. The van der Waals surface area contributed by atoms with Crippen LogP contribution in [0, 0.1) is 23.2 Å². The third-order valence-corrected chi connectivity index (χ3v) is 4.95. The van der Waals surface area contributed by atoms with Crippen molar-refractivity contribution in [2.24, 2.45) is 23.2 Å². The molecule has 112 valence electrons. The molecule has 1 heterocycles. The van der Waals surface area contributed by atoms with Gasteiger partial charge < -0.3 is 10.6 Å². The topological polar surface area (TPSA) is 41.1 Å². The second kappa shape index (κ2) is 7.28. The van der Waals surface area contributed by atoms with Crippen molar-refractivity contribution in [1.29, 1.82) is 0 Å². The maximum atomic E-state index is 12.0. The Labute approximate surface area is 118 Å². The summed E-state index contributed by atoms with van der Waals surface area (Å²) in [4.78, 5) is 12.0. The van der Waals surface area contributed by atoms with Gasteiger partial charge in [-0.05, 0) is 49.1 Å². The van der Waals surface area contributed by atoms with Gasteiger partial charge in [0.25, 0.3) is 0 Å².